The van der Waals surface area contributed by atoms with Crippen molar-refractivity contribution < 1.29 is 151 Å². The predicted molar refractivity (Wildman–Crippen MR) is 494 cm³/mol. The topological polar surface area (TPSA) is 377 Å². The van der Waals surface area contributed by atoms with Crippen LogP contribution < -0.4 is 14.2 Å². The summed E-state index contributed by atoms with van der Waals surface area (Å²) in [6, 6.07) is 89.1. The fourth-order valence-electron chi connectivity index (χ4n) is 10.3. The Kier molecular flexibility index (Phi) is 53.0. The highest BCUT2D eigenvalue weighted by Gasteiger charge is 2.42. The van der Waals surface area contributed by atoms with Crippen LogP contribution in [0.5, 0.6) is 17.2 Å². The number of hydrogen-bond donors (Lipinski definition) is 0. The molecule has 0 spiro atoms. The summed E-state index contributed by atoms with van der Waals surface area (Å²) in [4.78, 5) is 67.1. The average Bonchev–Trinajstić information content (AvgIpc) is 0.793. The normalized spacial score (nSPS) is 11.6. The van der Waals surface area contributed by atoms with Gasteiger partial charge in [0.15, 0.2) is 106 Å². The van der Waals surface area contributed by atoms with E-state index in [9.17, 15) is 89.2 Å². The first-order valence-corrected chi connectivity index (χ1v) is 49.0. The van der Waals surface area contributed by atoms with Gasteiger partial charge in [0.25, 0.3) is 0 Å². The predicted octanol–water partition coefficient (Wildman–Crippen LogP) is 16.5. The minimum atomic E-state index is -5.97. The van der Waals surface area contributed by atoms with Gasteiger partial charge in [-0.25, -0.2) is 44.4 Å². The van der Waals surface area contributed by atoms with Crippen molar-refractivity contribution in [3.05, 3.63) is 291 Å². The Hall–Kier alpha value is -10.7. The van der Waals surface area contributed by atoms with Crippen LogP contribution in [0.1, 0.15) is 53.9 Å². The number of ether oxygens (including phenoxy) is 13. The number of allylic oxidation sites excluding steroid dienone is 1. The number of halogens is 6. The third-order valence-corrected chi connectivity index (χ3v) is 26.4. The van der Waals surface area contributed by atoms with Crippen LogP contribution in [-0.2, 0) is 134 Å². The molecule has 0 saturated heterocycles. The Morgan fingerprint density at radius 3 is 0.852 bits per heavy atom. The van der Waals surface area contributed by atoms with Gasteiger partial charge in [-0.15, -0.1) is 0 Å². The van der Waals surface area contributed by atoms with Gasteiger partial charge >= 0.3 is 39.6 Å². The van der Waals surface area contributed by atoms with Crippen LogP contribution in [0, 0.1) is 5.92 Å². The molecule has 0 aromatic heterocycles. The summed E-state index contributed by atoms with van der Waals surface area (Å²) in [5.74, 6) is -3.10. The van der Waals surface area contributed by atoms with E-state index in [-0.39, 0.29) is 61.7 Å². The van der Waals surface area contributed by atoms with E-state index in [2.05, 4.69) is 252 Å². The van der Waals surface area contributed by atoms with Crippen LogP contribution in [-0.4, -0.2) is 211 Å². The number of alkyl halides is 6. The summed E-state index contributed by atoms with van der Waals surface area (Å²) in [7, 11) is -13.0. The maximum Gasteiger partial charge on any atom is 0.367 e. The van der Waals surface area contributed by atoms with E-state index in [0.29, 0.717) is 79.3 Å². The molecule has 0 radical (unpaired) electrons. The summed E-state index contributed by atoms with van der Waals surface area (Å²) < 4.78 is 233. The molecule has 0 aliphatic carbocycles. The first kappa shape index (κ1) is 117. The monoisotopic (exact) mass is 2000 g/mol. The quantitative estimate of drug-likeness (QED) is 0.00650. The van der Waals surface area contributed by atoms with E-state index in [1.54, 1.807) is 35.2 Å². The Bertz CT molecular complexity index is 4940. The van der Waals surface area contributed by atoms with Crippen molar-refractivity contribution >= 4 is 92.7 Å². The zero-order valence-corrected chi connectivity index (χ0v) is 80.4. The number of ketones is 1. The second-order valence-corrected chi connectivity index (χ2v) is 39.1. The minimum Gasteiger partial charge on any atom is -0.743 e. The van der Waals surface area contributed by atoms with Crippen LogP contribution >= 0.6 is 0 Å². The zero-order chi connectivity index (χ0) is 100. The second-order valence-electron chi connectivity index (χ2n) is 28.5. The molecule has 1 unspecified atom stereocenters. The number of carbonyl (C=O) groups is 5. The molecule has 39 heteroatoms. The Labute approximate surface area is 793 Å². The lowest BCUT2D eigenvalue weighted by atomic mass is 10.1. The Morgan fingerprint density at radius 1 is 0.348 bits per heavy atom. The largest absolute Gasteiger partial charge is 0.743 e. The molecule has 1 atom stereocenters. The van der Waals surface area contributed by atoms with Crippen LogP contribution in [0.15, 0.2) is 335 Å². The molecule has 734 valence electrons. The number of hydrogen-bond acceptors (Lipinski definition) is 27. The van der Waals surface area contributed by atoms with Crippen molar-refractivity contribution in [3.63, 3.8) is 0 Å². The van der Waals surface area contributed by atoms with E-state index in [1.165, 1.54) is 64.8 Å². The lowest BCUT2D eigenvalue weighted by Gasteiger charge is -2.22. The second kappa shape index (κ2) is 61.4. The molecule has 0 aliphatic heterocycles. The van der Waals surface area contributed by atoms with Crippen molar-refractivity contribution in [1.29, 1.82) is 0 Å². The van der Waals surface area contributed by atoms with Crippen molar-refractivity contribution in [2.75, 3.05) is 120 Å². The molecule has 135 heavy (non-hydrogen) atoms. The SMILES string of the molecule is C=C(C)C(=O)CCC(F)(F)S(=O)(=O)[O-].C=C(C)C(=O)OC(CC(C)C)C(=O)OCC(F)(F)S(=O)(=O)[O-].C=C(C)C(=O)OCC(=O)OCC(F)(F)S(=O)(=O)[O-].COCCOCCOc1ccc([S+](c2ccc(OCCOCCOC)cc2)c2ccc(OCCOCCOC)cc2)cc1.c1ccc([S+](c2ccccc2)c2ccccc2)cc1.c1ccc([S+](c2ccccc2)c2ccccc2)cc1. The summed E-state index contributed by atoms with van der Waals surface area (Å²) in [5.41, 5.74) is -0.00613. The lowest BCUT2D eigenvalue weighted by Crippen LogP contribution is -2.38. The van der Waals surface area contributed by atoms with Crippen molar-refractivity contribution in [2.45, 2.75) is 120 Å². The molecule has 0 amide bonds. The first-order valence-electron chi connectivity index (χ1n) is 41.1. The van der Waals surface area contributed by atoms with Crippen LogP contribution in [0.4, 0.5) is 26.3 Å². The molecule has 0 fully saturated rings. The highest BCUT2D eigenvalue weighted by atomic mass is 32.2. The molecular weight excluding hydrogens is 1890 g/mol. The van der Waals surface area contributed by atoms with Gasteiger partial charge in [0.2, 0.25) is 0 Å². The van der Waals surface area contributed by atoms with Gasteiger partial charge in [0.1, 0.15) is 37.1 Å². The number of carbonyl (C=O) groups excluding carboxylic acids is 5. The number of Topliss-reactive ketones (excluding diaryl/α,β-unsaturated/α-hetero) is 1. The fourth-order valence-corrected chi connectivity index (χ4v) is 17.3. The zero-order valence-electron chi connectivity index (χ0n) is 75.5. The lowest BCUT2D eigenvalue weighted by molar-refractivity contribution is -0.170. The summed E-state index contributed by atoms with van der Waals surface area (Å²) >= 11 is 0. The maximum atomic E-state index is 12.9. The van der Waals surface area contributed by atoms with Crippen LogP contribution in [0.3, 0.4) is 0 Å². The third kappa shape index (κ3) is 44.8. The van der Waals surface area contributed by atoms with E-state index in [1.807, 2.05) is 36.4 Å². The van der Waals surface area contributed by atoms with Gasteiger partial charge in [-0.05, 0) is 184 Å². The van der Waals surface area contributed by atoms with Gasteiger partial charge in [0, 0.05) is 45.3 Å². The summed E-state index contributed by atoms with van der Waals surface area (Å²) in [6.45, 7) is 18.4. The molecule has 9 aromatic carbocycles. The van der Waals surface area contributed by atoms with E-state index >= 15 is 0 Å². The fraction of sp³-hybridized carbons (Fsp3) is 0.323. The molecule has 0 aliphatic rings. The Morgan fingerprint density at radius 2 is 0.607 bits per heavy atom. The molecule has 9 rings (SSSR count). The standard InChI is InChI=1S/C33H45O9S.2C18H15S.C12H18F2O7S.C8H10F2O7S.C7H10F2O4S/c1-34-16-19-37-22-25-40-28-4-10-31(11-5-28)43(32-12-6-29(7-13-32)41-26-23-38-20-17-35-2)33-14-8-30(9-15-33)42-27-24-39-21-18-36-3;2*1-4-10-16(11-5-1)19(17-12-6-2-7-13-17)18-14-8-3-9-15-18;1-7(2)5-9(21-10(15)8(3)4)11(16)20-6-12(13,14)22(17,18)19;1-5(2)7(12)16-3-6(11)17-4-8(9,10)18(13,14)15;1-5(2)6(10)3-4-7(8,9)14(11,12)13/h4-15H,16-27H2,1-3H3;2*1-15H;7,9H,3,5-6H2,1-2,4H3,(H,17,18,19);1,3-4H2,2H3,(H,13,14,15);1,3-4H2,2H3,(H,11,12,13)/q3*+1;;;/p-3. The highest BCUT2D eigenvalue weighted by molar-refractivity contribution is 7.97. The van der Waals surface area contributed by atoms with E-state index in [0.717, 1.165) is 17.2 Å². The number of rotatable bonds is 49. The molecule has 0 saturated carbocycles. The third-order valence-electron chi connectivity index (χ3n) is 17.1. The molecule has 0 heterocycles. The average molecular weight is 2000 g/mol. The van der Waals surface area contributed by atoms with Gasteiger partial charge < -0.3 is 75.2 Å². The highest BCUT2D eigenvalue weighted by Crippen LogP contribution is 2.37. The smallest absolute Gasteiger partial charge is 0.367 e. The first-order chi connectivity index (χ1) is 64.0. The maximum absolute atomic E-state index is 12.9. The van der Waals surface area contributed by atoms with Crippen LogP contribution in [0.25, 0.3) is 0 Å². The van der Waals surface area contributed by atoms with Gasteiger partial charge in [0.05, 0.1) is 92.1 Å². The van der Waals surface area contributed by atoms with Crippen molar-refractivity contribution in [1.82, 2.24) is 0 Å². The summed E-state index contributed by atoms with van der Waals surface area (Å²) in [6.07, 6.45) is -3.55. The number of esters is 4. The van der Waals surface area contributed by atoms with Gasteiger partial charge in [-0.2, -0.15) is 26.3 Å². The molecule has 9 aromatic rings. The van der Waals surface area contributed by atoms with Gasteiger partial charge in [-0.1, -0.05) is 143 Å². The summed E-state index contributed by atoms with van der Waals surface area (Å²) in [5, 5.41) is -13.9. The minimum absolute atomic E-state index is 0.0146. The number of benzene rings is 9. The number of methoxy groups -OCH3 is 3. The van der Waals surface area contributed by atoms with E-state index in [4.69, 9.17) is 47.4 Å². The van der Waals surface area contributed by atoms with Crippen LogP contribution in [0.2, 0.25) is 0 Å². The Balaban J connectivity index is 0.000000356. The molecule has 0 N–H and O–H groups in total. The van der Waals surface area contributed by atoms with Gasteiger partial charge in [-0.3, -0.25) is 4.79 Å². The van der Waals surface area contributed by atoms with E-state index < -0.39 is 115 Å². The van der Waals surface area contributed by atoms with Crippen molar-refractivity contribution in [2.24, 2.45) is 5.92 Å². The molecule has 0 bridgehead atoms. The molecular formula is C96H110F6O27S6. The molecule has 27 nitrogen and oxygen atoms in total. The van der Waals surface area contributed by atoms with Crippen molar-refractivity contribution in [3.8, 4) is 17.2 Å².